The maximum Gasteiger partial charge on any atom is -0.0112 e. The van der Waals surface area contributed by atoms with Gasteiger partial charge in [-0.3, -0.25) is 0 Å². The molecule has 20 heavy (non-hydrogen) atoms. The molecule has 0 heteroatoms. The highest BCUT2D eigenvalue weighted by molar-refractivity contribution is 5.16. The summed E-state index contributed by atoms with van der Waals surface area (Å²) in [6, 6.07) is 0. The largest absolute Gasteiger partial charge is 0.0877 e. The van der Waals surface area contributed by atoms with Crippen molar-refractivity contribution in [2.75, 3.05) is 0 Å². The van der Waals surface area contributed by atoms with Crippen LogP contribution >= 0.6 is 0 Å². The van der Waals surface area contributed by atoms with Crippen LogP contribution in [0.25, 0.3) is 0 Å². The lowest BCUT2D eigenvalue weighted by atomic mass is 9.45. The second-order valence-corrected chi connectivity index (χ2v) is 9.22. The molecule has 0 saturated heterocycles. The third-order valence-corrected chi connectivity index (χ3v) is 8.25. The van der Waals surface area contributed by atoms with E-state index in [1.165, 1.54) is 44.9 Å². The average Bonchev–Trinajstić information content (AvgIpc) is 2.81. The van der Waals surface area contributed by atoms with E-state index in [9.17, 15) is 0 Å². The van der Waals surface area contributed by atoms with Crippen molar-refractivity contribution < 1.29 is 0 Å². The molecule has 4 aliphatic rings. The minimum atomic E-state index is 0.562. The molecule has 3 saturated carbocycles. The van der Waals surface area contributed by atoms with Gasteiger partial charge in [0.15, 0.2) is 0 Å². The van der Waals surface area contributed by atoms with Crippen molar-refractivity contribution in [2.45, 2.75) is 72.1 Å². The van der Waals surface area contributed by atoms with Gasteiger partial charge < -0.3 is 0 Å². The van der Waals surface area contributed by atoms with E-state index in [0.29, 0.717) is 10.8 Å². The fourth-order valence-electron chi connectivity index (χ4n) is 6.96. The van der Waals surface area contributed by atoms with E-state index < -0.39 is 0 Å². The minimum Gasteiger partial charge on any atom is -0.0877 e. The van der Waals surface area contributed by atoms with Crippen molar-refractivity contribution >= 4 is 0 Å². The van der Waals surface area contributed by atoms with Crippen LogP contribution in [-0.2, 0) is 0 Å². The summed E-state index contributed by atoms with van der Waals surface area (Å²) in [5, 5.41) is 0. The molecule has 3 fully saturated rings. The third-order valence-electron chi connectivity index (χ3n) is 8.25. The molecule has 7 atom stereocenters. The van der Waals surface area contributed by atoms with Crippen molar-refractivity contribution in [2.24, 2.45) is 40.4 Å². The topological polar surface area (TPSA) is 0 Å². The quantitative estimate of drug-likeness (QED) is 0.487. The van der Waals surface area contributed by atoms with Gasteiger partial charge in [0.05, 0.1) is 0 Å². The van der Waals surface area contributed by atoms with Crippen molar-refractivity contribution in [1.29, 1.82) is 0 Å². The molecule has 0 radical (unpaired) electrons. The van der Waals surface area contributed by atoms with E-state index in [1.54, 1.807) is 6.42 Å². The second-order valence-electron chi connectivity index (χ2n) is 9.22. The van der Waals surface area contributed by atoms with Gasteiger partial charge in [0.2, 0.25) is 0 Å². The van der Waals surface area contributed by atoms with Crippen LogP contribution < -0.4 is 0 Å². The van der Waals surface area contributed by atoms with E-state index >= 15 is 0 Å². The van der Waals surface area contributed by atoms with Crippen LogP contribution in [0.1, 0.15) is 72.1 Å². The first-order chi connectivity index (χ1) is 9.53. The lowest BCUT2D eigenvalue weighted by Crippen LogP contribution is -2.52. The van der Waals surface area contributed by atoms with Gasteiger partial charge in [-0.25, -0.2) is 0 Å². The molecule has 0 amide bonds. The van der Waals surface area contributed by atoms with E-state index in [-0.39, 0.29) is 0 Å². The predicted molar refractivity (Wildman–Crippen MR) is 85.4 cm³/mol. The smallest absolute Gasteiger partial charge is 0.0112 e. The summed E-state index contributed by atoms with van der Waals surface area (Å²) in [5.74, 6) is 5.11. The van der Waals surface area contributed by atoms with Crippen LogP contribution in [0.2, 0.25) is 0 Å². The Bertz CT molecular complexity index is 422. The lowest BCUT2D eigenvalue weighted by Gasteiger charge is -2.60. The van der Waals surface area contributed by atoms with E-state index in [2.05, 4.69) is 32.9 Å². The highest BCUT2D eigenvalue weighted by Gasteiger charge is 2.56. The Kier molecular flexibility index (Phi) is 2.93. The summed E-state index contributed by atoms with van der Waals surface area (Å²) >= 11 is 0. The Morgan fingerprint density at radius 1 is 0.950 bits per heavy atom. The normalized spacial score (nSPS) is 57.9. The van der Waals surface area contributed by atoms with E-state index in [1.807, 2.05) is 0 Å². The minimum absolute atomic E-state index is 0.562. The number of allylic oxidation sites excluding steroid dienone is 2. The van der Waals surface area contributed by atoms with Crippen molar-refractivity contribution in [3.63, 3.8) is 0 Å². The molecule has 7 unspecified atom stereocenters. The molecule has 0 nitrogen and oxygen atoms in total. The summed E-state index contributed by atoms with van der Waals surface area (Å²) in [7, 11) is 0. The van der Waals surface area contributed by atoms with Gasteiger partial charge in [0.1, 0.15) is 0 Å². The molecular weight excluding hydrogens is 240 g/mol. The maximum atomic E-state index is 2.69. The van der Waals surface area contributed by atoms with Crippen LogP contribution in [0.5, 0.6) is 0 Å². The highest BCUT2D eigenvalue weighted by atomic mass is 14.6. The first-order valence-electron chi connectivity index (χ1n) is 9.21. The third kappa shape index (κ3) is 1.72. The van der Waals surface area contributed by atoms with Crippen molar-refractivity contribution in [3.05, 3.63) is 12.2 Å². The molecule has 4 rings (SSSR count). The van der Waals surface area contributed by atoms with Gasteiger partial charge in [-0.05, 0) is 85.4 Å². The molecule has 0 aromatic carbocycles. The zero-order chi connectivity index (χ0) is 14.0. The molecule has 0 bridgehead atoms. The van der Waals surface area contributed by atoms with Gasteiger partial charge in [0.25, 0.3) is 0 Å². The number of fused-ring (bicyclic) bond motifs is 5. The Morgan fingerprint density at radius 3 is 2.65 bits per heavy atom. The summed E-state index contributed by atoms with van der Waals surface area (Å²) in [6.07, 6.45) is 17.1. The Labute approximate surface area is 125 Å². The van der Waals surface area contributed by atoms with Crippen LogP contribution in [0.4, 0.5) is 0 Å². The standard InChI is InChI=1S/C20H32/c1-14-8-12-20(3)15(13-14)6-7-16-17-5-4-10-19(17,2)11-9-18(16)20/h4,10,14-18H,5-9,11-13H2,1-3H3. The van der Waals surface area contributed by atoms with Crippen molar-refractivity contribution in [3.8, 4) is 0 Å². The molecule has 0 N–H and O–H groups in total. The highest BCUT2D eigenvalue weighted by Crippen LogP contribution is 2.65. The Hall–Kier alpha value is -0.260. The van der Waals surface area contributed by atoms with Gasteiger partial charge in [0, 0.05) is 0 Å². The first-order valence-corrected chi connectivity index (χ1v) is 9.21. The van der Waals surface area contributed by atoms with Crippen LogP contribution in [0.3, 0.4) is 0 Å². The summed E-state index contributed by atoms with van der Waals surface area (Å²) in [4.78, 5) is 0. The van der Waals surface area contributed by atoms with Crippen LogP contribution in [0.15, 0.2) is 12.2 Å². The van der Waals surface area contributed by atoms with Gasteiger partial charge in [-0.15, -0.1) is 0 Å². The monoisotopic (exact) mass is 272 g/mol. The molecule has 0 aromatic heterocycles. The fourth-order valence-corrected chi connectivity index (χ4v) is 6.96. The van der Waals surface area contributed by atoms with Gasteiger partial charge >= 0.3 is 0 Å². The van der Waals surface area contributed by atoms with Crippen molar-refractivity contribution in [1.82, 2.24) is 0 Å². The first kappa shape index (κ1) is 13.4. The number of rotatable bonds is 0. The summed E-state index contributed by atoms with van der Waals surface area (Å²) in [6.45, 7) is 7.73. The van der Waals surface area contributed by atoms with E-state index in [0.717, 1.165) is 29.6 Å². The number of hydrogen-bond acceptors (Lipinski definition) is 0. The lowest BCUT2D eigenvalue weighted by molar-refractivity contribution is -0.104. The zero-order valence-corrected chi connectivity index (χ0v) is 13.7. The number of hydrogen-bond donors (Lipinski definition) is 0. The van der Waals surface area contributed by atoms with Crippen LogP contribution in [-0.4, -0.2) is 0 Å². The second kappa shape index (κ2) is 4.37. The fraction of sp³-hybridized carbons (Fsp3) is 0.900. The van der Waals surface area contributed by atoms with Gasteiger partial charge in [-0.2, -0.15) is 0 Å². The predicted octanol–water partition coefficient (Wildman–Crippen LogP) is 5.83. The molecule has 0 heterocycles. The molecular formula is C20H32. The molecule has 112 valence electrons. The molecule has 0 spiro atoms. The summed E-state index contributed by atoms with van der Waals surface area (Å²) in [5.41, 5.74) is 1.26. The molecule has 0 aliphatic heterocycles. The molecule has 4 aliphatic carbocycles. The maximum absolute atomic E-state index is 2.69. The Balaban J connectivity index is 1.63. The SMILES string of the molecule is CC1CCC2(C)C(CCC3C4CC=CC4(C)CCC32)C1. The van der Waals surface area contributed by atoms with Gasteiger partial charge in [-0.1, -0.05) is 39.3 Å². The Morgan fingerprint density at radius 2 is 1.80 bits per heavy atom. The van der Waals surface area contributed by atoms with E-state index in [4.69, 9.17) is 0 Å². The van der Waals surface area contributed by atoms with Crippen LogP contribution in [0, 0.1) is 40.4 Å². The summed E-state index contributed by atoms with van der Waals surface area (Å²) < 4.78 is 0. The average molecular weight is 272 g/mol. The zero-order valence-electron chi connectivity index (χ0n) is 13.7. The molecule has 0 aromatic rings.